The number of nitrogens with one attached hydrogen (secondary N) is 2. The van der Waals surface area contributed by atoms with Crippen molar-refractivity contribution in [2.75, 3.05) is 38.5 Å². The van der Waals surface area contributed by atoms with E-state index in [0.717, 1.165) is 44.5 Å². The average Bonchev–Trinajstić information content (AvgIpc) is 2.53. The summed E-state index contributed by atoms with van der Waals surface area (Å²) < 4.78 is 0. The molecule has 0 saturated carbocycles. The molecule has 4 nitrogen and oxygen atoms in total. The van der Waals surface area contributed by atoms with Gasteiger partial charge in [-0.1, -0.05) is 25.1 Å². The highest BCUT2D eigenvalue weighted by molar-refractivity contribution is 5.79. The fourth-order valence-corrected chi connectivity index (χ4v) is 2.63. The quantitative estimate of drug-likeness (QED) is 0.497. The number of nitrogens with zero attached hydrogens (tertiary/aromatic N) is 2. The second kappa shape index (κ2) is 8.55. The summed E-state index contributed by atoms with van der Waals surface area (Å²) in [5.41, 5.74) is 1.19. The second-order valence-electron chi connectivity index (χ2n) is 5.79. The van der Waals surface area contributed by atoms with Crippen LogP contribution in [0.3, 0.4) is 0 Å². The number of likely N-dealkylation sites (tertiary alicyclic amines) is 1. The lowest BCUT2D eigenvalue weighted by Crippen LogP contribution is -2.45. The molecule has 1 aliphatic heterocycles. The first-order valence-electron chi connectivity index (χ1n) is 8.04. The fraction of sp³-hybridized carbons (Fsp3) is 0.588. The first-order valence-corrected chi connectivity index (χ1v) is 8.04. The second-order valence-corrected chi connectivity index (χ2v) is 5.79. The summed E-state index contributed by atoms with van der Waals surface area (Å²) in [6.07, 6.45) is 3.63. The van der Waals surface area contributed by atoms with Gasteiger partial charge in [0.25, 0.3) is 0 Å². The van der Waals surface area contributed by atoms with E-state index in [4.69, 9.17) is 0 Å². The van der Waals surface area contributed by atoms with Gasteiger partial charge in [-0.25, -0.2) is 0 Å². The third-order valence-electron chi connectivity index (χ3n) is 4.03. The molecule has 0 atom stereocenters. The lowest BCUT2D eigenvalue weighted by molar-refractivity contribution is 0.273. The molecule has 116 valence electrons. The van der Waals surface area contributed by atoms with Gasteiger partial charge in [-0.2, -0.15) is 0 Å². The standard InChI is InChI=1S/C17H28N4/c1-15-9-13-21(14-10-15)17(18-2)20-12-6-11-19-16-7-4-3-5-8-16/h3-5,7-8,15,19H,6,9-14H2,1-2H3,(H,18,20). The smallest absolute Gasteiger partial charge is 0.193 e. The minimum atomic E-state index is 0.856. The van der Waals surface area contributed by atoms with Crippen molar-refractivity contribution in [2.24, 2.45) is 10.9 Å². The van der Waals surface area contributed by atoms with Crippen LogP contribution in [0.15, 0.2) is 35.3 Å². The van der Waals surface area contributed by atoms with E-state index < -0.39 is 0 Å². The Morgan fingerprint density at radius 2 is 1.90 bits per heavy atom. The van der Waals surface area contributed by atoms with Gasteiger partial charge < -0.3 is 15.5 Å². The number of rotatable bonds is 5. The molecule has 1 aliphatic rings. The Labute approximate surface area is 128 Å². The molecule has 1 saturated heterocycles. The first-order chi connectivity index (χ1) is 10.3. The highest BCUT2D eigenvalue weighted by Gasteiger charge is 2.17. The molecule has 0 aliphatic carbocycles. The van der Waals surface area contributed by atoms with Crippen molar-refractivity contribution in [3.63, 3.8) is 0 Å². The number of hydrogen-bond acceptors (Lipinski definition) is 2. The van der Waals surface area contributed by atoms with Crippen molar-refractivity contribution in [3.8, 4) is 0 Å². The molecule has 4 heteroatoms. The van der Waals surface area contributed by atoms with Crippen molar-refractivity contribution >= 4 is 11.6 Å². The number of guanidine groups is 1. The molecule has 0 amide bonds. The van der Waals surface area contributed by atoms with Crippen molar-refractivity contribution < 1.29 is 0 Å². The molecular formula is C17H28N4. The van der Waals surface area contributed by atoms with Gasteiger partial charge >= 0.3 is 0 Å². The number of piperidine rings is 1. The number of benzene rings is 1. The van der Waals surface area contributed by atoms with Crippen LogP contribution in [0.1, 0.15) is 26.2 Å². The molecule has 0 spiro atoms. The molecule has 1 heterocycles. The topological polar surface area (TPSA) is 39.7 Å². The Balaban J connectivity index is 1.63. The minimum absolute atomic E-state index is 0.856. The van der Waals surface area contributed by atoms with Crippen molar-refractivity contribution in [1.29, 1.82) is 0 Å². The highest BCUT2D eigenvalue weighted by atomic mass is 15.3. The van der Waals surface area contributed by atoms with E-state index >= 15 is 0 Å². The van der Waals surface area contributed by atoms with Gasteiger partial charge in [-0.05, 0) is 37.3 Å². The maximum atomic E-state index is 4.40. The summed E-state index contributed by atoms with van der Waals surface area (Å²) in [6.45, 7) is 6.53. The molecule has 0 radical (unpaired) electrons. The summed E-state index contributed by atoms with van der Waals surface area (Å²) in [5.74, 6) is 1.91. The summed E-state index contributed by atoms with van der Waals surface area (Å²) in [4.78, 5) is 6.78. The maximum absolute atomic E-state index is 4.40. The van der Waals surface area contributed by atoms with Crippen molar-refractivity contribution in [1.82, 2.24) is 10.2 Å². The van der Waals surface area contributed by atoms with Crippen LogP contribution in [0.4, 0.5) is 5.69 Å². The monoisotopic (exact) mass is 288 g/mol. The number of hydrogen-bond donors (Lipinski definition) is 2. The lowest BCUT2D eigenvalue weighted by Gasteiger charge is -2.32. The van der Waals surface area contributed by atoms with Crippen molar-refractivity contribution in [2.45, 2.75) is 26.2 Å². The number of anilines is 1. The van der Waals surface area contributed by atoms with E-state index in [1.807, 2.05) is 13.1 Å². The SMILES string of the molecule is CN=C(NCCCNc1ccccc1)N1CCC(C)CC1. The minimum Gasteiger partial charge on any atom is -0.385 e. The van der Waals surface area contributed by atoms with E-state index in [0.29, 0.717) is 0 Å². The molecule has 2 N–H and O–H groups in total. The van der Waals surface area contributed by atoms with Crippen molar-refractivity contribution in [3.05, 3.63) is 30.3 Å². The molecule has 0 bridgehead atoms. The van der Waals surface area contributed by atoms with E-state index in [1.54, 1.807) is 0 Å². The molecule has 0 unspecified atom stereocenters. The molecule has 2 rings (SSSR count). The van der Waals surface area contributed by atoms with E-state index in [1.165, 1.54) is 18.5 Å². The van der Waals surface area contributed by atoms with Crippen LogP contribution >= 0.6 is 0 Å². The Kier molecular flexibility index (Phi) is 6.38. The first kappa shape index (κ1) is 15.7. The molecule has 21 heavy (non-hydrogen) atoms. The predicted molar refractivity (Wildman–Crippen MR) is 90.9 cm³/mol. The molecule has 1 fully saturated rings. The Hall–Kier alpha value is -1.71. The predicted octanol–water partition coefficient (Wildman–Crippen LogP) is 2.80. The maximum Gasteiger partial charge on any atom is 0.193 e. The van der Waals surface area contributed by atoms with Crippen LogP contribution in [0, 0.1) is 5.92 Å². The number of para-hydroxylation sites is 1. The van der Waals surface area contributed by atoms with E-state index in [9.17, 15) is 0 Å². The molecule has 1 aromatic carbocycles. The third kappa shape index (κ3) is 5.29. The van der Waals surface area contributed by atoms with Crippen LogP contribution in [0.2, 0.25) is 0 Å². The zero-order chi connectivity index (χ0) is 14.9. The summed E-state index contributed by atoms with van der Waals surface area (Å²) >= 11 is 0. The van der Waals surface area contributed by atoms with Crippen LogP contribution in [-0.2, 0) is 0 Å². The molecular weight excluding hydrogens is 260 g/mol. The van der Waals surface area contributed by atoms with Gasteiger partial charge in [0.1, 0.15) is 0 Å². The van der Waals surface area contributed by atoms with Gasteiger partial charge in [-0.3, -0.25) is 4.99 Å². The van der Waals surface area contributed by atoms with Gasteiger partial charge in [0.15, 0.2) is 5.96 Å². The Morgan fingerprint density at radius 1 is 1.19 bits per heavy atom. The molecule has 0 aromatic heterocycles. The molecule has 1 aromatic rings. The number of aliphatic imine (C=N–C) groups is 1. The average molecular weight is 288 g/mol. The lowest BCUT2D eigenvalue weighted by atomic mass is 10.00. The van der Waals surface area contributed by atoms with Gasteiger partial charge in [-0.15, -0.1) is 0 Å². The Morgan fingerprint density at radius 3 is 2.57 bits per heavy atom. The highest BCUT2D eigenvalue weighted by Crippen LogP contribution is 2.15. The largest absolute Gasteiger partial charge is 0.385 e. The summed E-state index contributed by atoms with van der Waals surface area (Å²) in [7, 11) is 1.88. The zero-order valence-electron chi connectivity index (χ0n) is 13.3. The van der Waals surface area contributed by atoms with Crippen LogP contribution in [-0.4, -0.2) is 44.1 Å². The summed E-state index contributed by atoms with van der Waals surface area (Å²) in [5, 5.41) is 6.90. The third-order valence-corrected chi connectivity index (χ3v) is 4.03. The zero-order valence-corrected chi connectivity index (χ0v) is 13.3. The van der Waals surface area contributed by atoms with Gasteiger partial charge in [0, 0.05) is 38.9 Å². The van der Waals surface area contributed by atoms with Gasteiger partial charge in [0.2, 0.25) is 0 Å². The summed E-state index contributed by atoms with van der Waals surface area (Å²) in [6, 6.07) is 10.3. The van der Waals surface area contributed by atoms with E-state index in [2.05, 4.69) is 51.7 Å². The van der Waals surface area contributed by atoms with Crippen LogP contribution < -0.4 is 10.6 Å². The van der Waals surface area contributed by atoms with Crippen LogP contribution in [0.5, 0.6) is 0 Å². The van der Waals surface area contributed by atoms with Crippen LogP contribution in [0.25, 0.3) is 0 Å². The normalized spacial score (nSPS) is 16.9. The Bertz CT molecular complexity index is 422. The van der Waals surface area contributed by atoms with Gasteiger partial charge in [0.05, 0.1) is 0 Å². The fourth-order valence-electron chi connectivity index (χ4n) is 2.63. The van der Waals surface area contributed by atoms with E-state index in [-0.39, 0.29) is 0 Å².